The number of carbonyl (C=O) groups is 1. The van der Waals surface area contributed by atoms with Gasteiger partial charge in [-0.25, -0.2) is 0 Å². The number of nitro benzene ring substituents is 1. The molecule has 2 aromatic carbocycles. The molecule has 0 aliphatic rings. The molecular weight excluding hydrogens is 315 g/mol. The molecule has 0 heterocycles. The van der Waals surface area contributed by atoms with Crippen LogP contribution in [-0.4, -0.2) is 10.8 Å². The predicted octanol–water partition coefficient (Wildman–Crippen LogP) is 4.46. The highest BCUT2D eigenvalue weighted by Gasteiger charge is 2.15. The highest BCUT2D eigenvalue weighted by Crippen LogP contribution is 2.25. The lowest BCUT2D eigenvalue weighted by Gasteiger charge is -2.08. The van der Waals surface area contributed by atoms with E-state index < -0.39 is 10.8 Å². The molecule has 2 rings (SSSR count). The monoisotopic (exact) mass is 324 g/mol. The summed E-state index contributed by atoms with van der Waals surface area (Å²) in [5.74, 6) is -0.486. The summed E-state index contributed by atoms with van der Waals surface area (Å²) in [6.07, 6.45) is 0. The number of hydrogen-bond acceptors (Lipinski definition) is 3. The second-order valence-corrected chi connectivity index (χ2v) is 5.18. The van der Waals surface area contributed by atoms with Crippen LogP contribution in [0.4, 0.5) is 11.4 Å². The van der Waals surface area contributed by atoms with Gasteiger partial charge < -0.3 is 5.32 Å². The molecule has 0 aromatic heterocycles. The van der Waals surface area contributed by atoms with Gasteiger partial charge in [0.05, 0.1) is 15.5 Å². The number of anilines is 1. The van der Waals surface area contributed by atoms with Crippen molar-refractivity contribution >= 4 is 40.5 Å². The van der Waals surface area contributed by atoms with Crippen LogP contribution < -0.4 is 5.32 Å². The minimum absolute atomic E-state index is 0.0648. The summed E-state index contributed by atoms with van der Waals surface area (Å²) in [4.78, 5) is 22.5. The molecular formula is C14H10Cl2N2O3. The summed E-state index contributed by atoms with van der Waals surface area (Å²) < 4.78 is 0. The van der Waals surface area contributed by atoms with Gasteiger partial charge in [0.2, 0.25) is 0 Å². The Labute approximate surface area is 130 Å². The van der Waals surface area contributed by atoms with Gasteiger partial charge >= 0.3 is 0 Å². The molecule has 0 radical (unpaired) electrons. The van der Waals surface area contributed by atoms with Gasteiger partial charge in [0, 0.05) is 22.3 Å². The lowest BCUT2D eigenvalue weighted by Crippen LogP contribution is -2.12. The number of nitro groups is 1. The van der Waals surface area contributed by atoms with Gasteiger partial charge in [-0.1, -0.05) is 29.3 Å². The molecule has 21 heavy (non-hydrogen) atoms. The number of carbonyl (C=O) groups excluding carboxylic acids is 1. The first-order chi connectivity index (χ1) is 9.88. The van der Waals surface area contributed by atoms with Crippen LogP contribution in [0.1, 0.15) is 15.9 Å². The summed E-state index contributed by atoms with van der Waals surface area (Å²) in [5.41, 5.74) is 0.963. The van der Waals surface area contributed by atoms with Crippen molar-refractivity contribution < 1.29 is 9.72 Å². The van der Waals surface area contributed by atoms with E-state index in [1.165, 1.54) is 18.2 Å². The minimum atomic E-state index is -0.503. The van der Waals surface area contributed by atoms with Crippen LogP contribution in [0.25, 0.3) is 0 Å². The van der Waals surface area contributed by atoms with Crippen molar-refractivity contribution in [3.05, 3.63) is 67.7 Å². The zero-order valence-electron chi connectivity index (χ0n) is 10.9. The first-order valence-corrected chi connectivity index (χ1v) is 6.65. The number of benzene rings is 2. The summed E-state index contributed by atoms with van der Waals surface area (Å²) in [7, 11) is 0. The number of rotatable bonds is 3. The van der Waals surface area contributed by atoms with Gasteiger partial charge in [0.15, 0.2) is 0 Å². The molecule has 0 spiro atoms. The van der Waals surface area contributed by atoms with Crippen molar-refractivity contribution in [2.45, 2.75) is 6.92 Å². The first kappa shape index (κ1) is 15.3. The highest BCUT2D eigenvalue weighted by molar-refractivity contribution is 6.36. The molecule has 5 nitrogen and oxygen atoms in total. The molecule has 0 atom stereocenters. The Balaban J connectivity index is 2.29. The Morgan fingerprint density at radius 1 is 1.19 bits per heavy atom. The van der Waals surface area contributed by atoms with E-state index in [2.05, 4.69) is 5.32 Å². The molecule has 0 saturated heterocycles. The Morgan fingerprint density at radius 3 is 2.57 bits per heavy atom. The molecule has 0 saturated carbocycles. The third-order valence-corrected chi connectivity index (χ3v) is 3.40. The molecule has 1 N–H and O–H groups in total. The normalized spacial score (nSPS) is 10.2. The van der Waals surface area contributed by atoms with Crippen LogP contribution >= 0.6 is 23.2 Å². The summed E-state index contributed by atoms with van der Waals surface area (Å²) >= 11 is 11.8. The fraction of sp³-hybridized carbons (Fsp3) is 0.0714. The van der Waals surface area contributed by atoms with Crippen LogP contribution in [0.15, 0.2) is 36.4 Å². The summed E-state index contributed by atoms with van der Waals surface area (Å²) in [6, 6.07) is 8.95. The molecule has 7 heteroatoms. The maximum Gasteiger partial charge on any atom is 0.274 e. The Morgan fingerprint density at radius 2 is 1.90 bits per heavy atom. The van der Waals surface area contributed by atoms with Gasteiger partial charge in [-0.3, -0.25) is 14.9 Å². The SMILES string of the molecule is Cc1ccc(NC(=O)c2cc(Cl)ccc2Cl)cc1[N+](=O)[O-]. The Hall–Kier alpha value is -2.11. The largest absolute Gasteiger partial charge is 0.322 e. The van der Waals surface area contributed by atoms with Gasteiger partial charge in [-0.15, -0.1) is 0 Å². The third-order valence-electron chi connectivity index (χ3n) is 2.84. The lowest BCUT2D eigenvalue weighted by molar-refractivity contribution is -0.385. The number of nitrogens with zero attached hydrogens (tertiary/aromatic N) is 1. The van der Waals surface area contributed by atoms with Gasteiger partial charge in [-0.2, -0.15) is 0 Å². The fourth-order valence-electron chi connectivity index (χ4n) is 1.75. The molecule has 0 aliphatic carbocycles. The fourth-order valence-corrected chi connectivity index (χ4v) is 2.13. The Bertz CT molecular complexity index is 732. The molecule has 1 amide bonds. The van der Waals surface area contributed by atoms with Crippen LogP contribution in [0.2, 0.25) is 10.0 Å². The quantitative estimate of drug-likeness (QED) is 0.669. The van der Waals surface area contributed by atoms with E-state index >= 15 is 0 Å². The number of halogens is 2. The van der Waals surface area contributed by atoms with Crippen molar-refractivity contribution in [1.29, 1.82) is 0 Å². The van der Waals surface area contributed by atoms with E-state index in [4.69, 9.17) is 23.2 Å². The Kier molecular flexibility index (Phi) is 4.45. The van der Waals surface area contributed by atoms with E-state index in [1.54, 1.807) is 25.1 Å². The van der Waals surface area contributed by atoms with Crippen LogP contribution in [0, 0.1) is 17.0 Å². The molecule has 0 bridgehead atoms. The predicted molar refractivity (Wildman–Crippen MR) is 82.2 cm³/mol. The maximum atomic E-state index is 12.1. The van der Waals surface area contributed by atoms with Crippen molar-refractivity contribution in [2.75, 3.05) is 5.32 Å². The van der Waals surface area contributed by atoms with Gasteiger partial charge in [-0.05, 0) is 31.2 Å². The average molecular weight is 325 g/mol. The first-order valence-electron chi connectivity index (χ1n) is 5.90. The van der Waals surface area contributed by atoms with E-state index in [-0.39, 0.29) is 16.3 Å². The standard InChI is InChI=1S/C14H10Cl2N2O3/c1-8-2-4-10(7-13(8)18(20)21)17-14(19)11-6-9(15)3-5-12(11)16/h2-7H,1H3,(H,17,19). The van der Waals surface area contributed by atoms with E-state index in [9.17, 15) is 14.9 Å². The zero-order valence-corrected chi connectivity index (χ0v) is 12.4. The van der Waals surface area contributed by atoms with E-state index in [0.717, 1.165) is 0 Å². The second kappa shape index (κ2) is 6.11. The van der Waals surface area contributed by atoms with Gasteiger partial charge in [0.25, 0.3) is 11.6 Å². The number of amides is 1. The molecule has 108 valence electrons. The van der Waals surface area contributed by atoms with E-state index in [1.807, 2.05) is 0 Å². The lowest BCUT2D eigenvalue weighted by atomic mass is 10.1. The van der Waals surface area contributed by atoms with Crippen LogP contribution in [-0.2, 0) is 0 Å². The van der Waals surface area contributed by atoms with Crippen molar-refractivity contribution in [2.24, 2.45) is 0 Å². The summed E-state index contributed by atoms with van der Waals surface area (Å²) in [5, 5.41) is 14.1. The van der Waals surface area contributed by atoms with Crippen LogP contribution in [0.3, 0.4) is 0 Å². The average Bonchev–Trinajstić information content (AvgIpc) is 2.43. The maximum absolute atomic E-state index is 12.1. The van der Waals surface area contributed by atoms with Crippen LogP contribution in [0.5, 0.6) is 0 Å². The molecule has 0 unspecified atom stereocenters. The minimum Gasteiger partial charge on any atom is -0.322 e. The van der Waals surface area contributed by atoms with Crippen molar-refractivity contribution in [3.8, 4) is 0 Å². The van der Waals surface area contributed by atoms with Crippen molar-refractivity contribution in [3.63, 3.8) is 0 Å². The zero-order chi connectivity index (χ0) is 15.6. The summed E-state index contributed by atoms with van der Waals surface area (Å²) in [6.45, 7) is 1.62. The second-order valence-electron chi connectivity index (χ2n) is 4.34. The molecule has 0 fully saturated rings. The molecule has 0 aliphatic heterocycles. The smallest absolute Gasteiger partial charge is 0.274 e. The van der Waals surface area contributed by atoms with Gasteiger partial charge in [0.1, 0.15) is 0 Å². The van der Waals surface area contributed by atoms with Crippen molar-refractivity contribution in [1.82, 2.24) is 0 Å². The number of nitrogens with one attached hydrogen (secondary N) is 1. The highest BCUT2D eigenvalue weighted by atomic mass is 35.5. The third kappa shape index (κ3) is 3.51. The molecule has 2 aromatic rings. The van der Waals surface area contributed by atoms with E-state index in [0.29, 0.717) is 16.3 Å². The topological polar surface area (TPSA) is 72.2 Å². The number of hydrogen-bond donors (Lipinski definition) is 1. The number of aryl methyl sites for hydroxylation is 1.